The molecule has 0 saturated carbocycles. The molecule has 0 aliphatic carbocycles. The van der Waals surface area contributed by atoms with E-state index in [0.29, 0.717) is 22.7 Å². The molecule has 1 unspecified atom stereocenters. The van der Waals surface area contributed by atoms with Gasteiger partial charge in [0.15, 0.2) is 0 Å². The summed E-state index contributed by atoms with van der Waals surface area (Å²) in [4.78, 5) is 35.5. The van der Waals surface area contributed by atoms with Gasteiger partial charge in [0.05, 0.1) is 22.9 Å². The van der Waals surface area contributed by atoms with Crippen LogP contribution in [0.3, 0.4) is 0 Å². The standard InChI is InChI=1S/C25H26N2O9/c1-4-32-24(28)35-22-16(2)26-17(3)23(21(22)18-9-8-10-19(15-18)27(30)31)36-25(29)34-14-13-33-20-11-6-5-7-12-20/h5-12,15,21,26H,4,13-14H2,1-3H3. The van der Waals surface area contributed by atoms with Gasteiger partial charge in [0.25, 0.3) is 5.69 Å². The Labute approximate surface area is 207 Å². The van der Waals surface area contributed by atoms with Crippen molar-refractivity contribution in [2.45, 2.75) is 26.7 Å². The van der Waals surface area contributed by atoms with Crippen molar-refractivity contribution in [1.29, 1.82) is 0 Å². The third-order valence-electron chi connectivity index (χ3n) is 5.02. The maximum Gasteiger partial charge on any atom is 0.513 e. The number of allylic oxidation sites excluding steroid dienone is 2. The number of rotatable bonds is 9. The molecule has 0 fully saturated rings. The first kappa shape index (κ1) is 26.1. The van der Waals surface area contributed by atoms with Crippen molar-refractivity contribution in [3.63, 3.8) is 0 Å². The molecule has 2 aromatic carbocycles. The Morgan fingerprint density at radius 2 is 1.56 bits per heavy atom. The minimum Gasteiger partial charge on any atom is -0.490 e. The van der Waals surface area contributed by atoms with Crippen LogP contribution in [0, 0.1) is 10.1 Å². The summed E-state index contributed by atoms with van der Waals surface area (Å²) in [5.41, 5.74) is 1.04. The average molecular weight is 498 g/mol. The van der Waals surface area contributed by atoms with E-state index in [0.717, 1.165) is 0 Å². The Bertz CT molecular complexity index is 1180. The van der Waals surface area contributed by atoms with E-state index in [1.54, 1.807) is 39.0 Å². The van der Waals surface area contributed by atoms with E-state index in [1.807, 2.05) is 18.2 Å². The van der Waals surface area contributed by atoms with E-state index < -0.39 is 23.2 Å². The van der Waals surface area contributed by atoms with Crippen LogP contribution in [0.5, 0.6) is 5.75 Å². The molecule has 0 radical (unpaired) electrons. The van der Waals surface area contributed by atoms with Gasteiger partial charge in [-0.25, -0.2) is 9.59 Å². The molecular weight excluding hydrogens is 472 g/mol. The van der Waals surface area contributed by atoms with Crippen LogP contribution in [0.1, 0.15) is 32.3 Å². The van der Waals surface area contributed by atoms with Gasteiger partial charge in [-0.3, -0.25) is 10.1 Å². The fourth-order valence-electron chi connectivity index (χ4n) is 3.51. The molecule has 1 N–H and O–H groups in total. The molecule has 0 aromatic heterocycles. The summed E-state index contributed by atoms with van der Waals surface area (Å²) in [6.07, 6.45) is -1.99. The van der Waals surface area contributed by atoms with E-state index in [2.05, 4.69) is 5.32 Å². The van der Waals surface area contributed by atoms with Gasteiger partial charge >= 0.3 is 12.3 Å². The fraction of sp³-hybridized carbons (Fsp3) is 0.280. The van der Waals surface area contributed by atoms with Crippen molar-refractivity contribution in [3.05, 3.63) is 93.2 Å². The lowest BCUT2D eigenvalue weighted by Crippen LogP contribution is -2.29. The molecule has 11 nitrogen and oxygen atoms in total. The van der Waals surface area contributed by atoms with Crippen LogP contribution in [-0.4, -0.2) is 37.1 Å². The van der Waals surface area contributed by atoms with Gasteiger partial charge in [-0.2, -0.15) is 0 Å². The molecule has 1 atom stereocenters. The van der Waals surface area contributed by atoms with Crippen molar-refractivity contribution in [3.8, 4) is 5.75 Å². The molecule has 2 aromatic rings. The highest BCUT2D eigenvalue weighted by atomic mass is 16.7. The fourth-order valence-corrected chi connectivity index (χ4v) is 3.51. The van der Waals surface area contributed by atoms with Gasteiger partial charge in [-0.15, -0.1) is 0 Å². The summed E-state index contributed by atoms with van der Waals surface area (Å²) < 4.78 is 26.4. The second-order valence-corrected chi connectivity index (χ2v) is 7.54. The van der Waals surface area contributed by atoms with Gasteiger partial charge in [-0.1, -0.05) is 30.3 Å². The Kier molecular flexibility index (Phi) is 8.87. The van der Waals surface area contributed by atoms with Crippen LogP contribution >= 0.6 is 0 Å². The maximum absolute atomic E-state index is 12.5. The number of hydrogen-bond donors (Lipinski definition) is 1. The predicted octanol–water partition coefficient (Wildman–Crippen LogP) is 5.15. The molecule has 11 heteroatoms. The number of carbonyl (C=O) groups is 2. The van der Waals surface area contributed by atoms with E-state index in [4.69, 9.17) is 23.7 Å². The Morgan fingerprint density at radius 3 is 2.17 bits per heavy atom. The summed E-state index contributed by atoms with van der Waals surface area (Å²) in [6, 6.07) is 14.7. The minimum atomic E-state index is -1.02. The number of nitro benzene ring substituents is 1. The van der Waals surface area contributed by atoms with E-state index in [1.165, 1.54) is 18.2 Å². The Morgan fingerprint density at radius 1 is 0.917 bits per heavy atom. The molecule has 1 aliphatic rings. The smallest absolute Gasteiger partial charge is 0.490 e. The van der Waals surface area contributed by atoms with Crippen LogP contribution in [0.2, 0.25) is 0 Å². The number of ether oxygens (including phenoxy) is 5. The summed E-state index contributed by atoms with van der Waals surface area (Å²) in [5.74, 6) is -0.232. The molecule has 0 bridgehead atoms. The normalized spacial score (nSPS) is 15.0. The number of hydrogen-bond acceptors (Lipinski definition) is 10. The quantitative estimate of drug-likeness (QED) is 0.214. The van der Waals surface area contributed by atoms with Gasteiger partial charge in [0.1, 0.15) is 36.4 Å². The van der Waals surface area contributed by atoms with Crippen molar-refractivity contribution >= 4 is 18.0 Å². The summed E-state index contributed by atoms with van der Waals surface area (Å²) in [6.45, 7) is 5.01. The second-order valence-electron chi connectivity index (χ2n) is 7.54. The molecule has 36 heavy (non-hydrogen) atoms. The summed E-state index contributed by atoms with van der Waals surface area (Å²) in [5, 5.41) is 14.4. The zero-order chi connectivity index (χ0) is 26.1. The number of benzene rings is 2. The van der Waals surface area contributed by atoms with Crippen molar-refractivity contribution in [2.75, 3.05) is 19.8 Å². The number of nitrogens with one attached hydrogen (secondary N) is 1. The van der Waals surface area contributed by atoms with Crippen molar-refractivity contribution < 1.29 is 38.2 Å². The van der Waals surface area contributed by atoms with Crippen LogP contribution in [0.15, 0.2) is 77.5 Å². The van der Waals surface area contributed by atoms with Crippen LogP contribution in [0.4, 0.5) is 15.3 Å². The van der Waals surface area contributed by atoms with E-state index in [9.17, 15) is 19.7 Å². The molecule has 0 amide bonds. The Balaban J connectivity index is 1.81. The first-order chi connectivity index (χ1) is 17.3. The summed E-state index contributed by atoms with van der Waals surface area (Å²) in [7, 11) is 0. The number of carbonyl (C=O) groups excluding carboxylic acids is 2. The van der Waals surface area contributed by atoms with Gasteiger partial charge in [0.2, 0.25) is 0 Å². The second kappa shape index (κ2) is 12.2. The molecule has 1 heterocycles. The number of nitrogens with zero attached hydrogens (tertiary/aromatic N) is 1. The largest absolute Gasteiger partial charge is 0.513 e. The van der Waals surface area contributed by atoms with Gasteiger partial charge < -0.3 is 29.0 Å². The molecule has 0 saturated heterocycles. The summed E-state index contributed by atoms with van der Waals surface area (Å²) >= 11 is 0. The third kappa shape index (κ3) is 6.75. The third-order valence-corrected chi connectivity index (χ3v) is 5.02. The van der Waals surface area contributed by atoms with E-state index >= 15 is 0 Å². The zero-order valence-corrected chi connectivity index (χ0v) is 20.0. The lowest BCUT2D eigenvalue weighted by molar-refractivity contribution is -0.384. The highest BCUT2D eigenvalue weighted by Crippen LogP contribution is 2.40. The number of non-ortho nitro benzene ring substituents is 1. The molecule has 3 rings (SSSR count). The van der Waals surface area contributed by atoms with Gasteiger partial charge in [0, 0.05) is 12.1 Å². The Hall–Kier alpha value is -4.54. The first-order valence-corrected chi connectivity index (χ1v) is 11.1. The monoisotopic (exact) mass is 498 g/mol. The number of dihydropyridines is 1. The highest BCUT2D eigenvalue weighted by Gasteiger charge is 2.36. The topological polar surface area (TPSA) is 135 Å². The highest BCUT2D eigenvalue weighted by molar-refractivity contribution is 5.65. The van der Waals surface area contributed by atoms with E-state index in [-0.39, 0.29) is 37.0 Å². The molecular formula is C25H26N2O9. The molecule has 190 valence electrons. The van der Waals surface area contributed by atoms with Gasteiger partial charge in [-0.05, 0) is 38.5 Å². The first-order valence-electron chi connectivity index (χ1n) is 11.1. The lowest BCUT2D eigenvalue weighted by atomic mass is 9.90. The van der Waals surface area contributed by atoms with Crippen molar-refractivity contribution in [2.24, 2.45) is 0 Å². The van der Waals surface area contributed by atoms with Crippen LogP contribution in [0.25, 0.3) is 0 Å². The molecule has 0 spiro atoms. The average Bonchev–Trinajstić information content (AvgIpc) is 2.85. The minimum absolute atomic E-state index is 0.0503. The maximum atomic E-state index is 12.5. The lowest BCUT2D eigenvalue weighted by Gasteiger charge is -2.30. The van der Waals surface area contributed by atoms with Crippen LogP contribution in [-0.2, 0) is 18.9 Å². The predicted molar refractivity (Wildman–Crippen MR) is 127 cm³/mol. The molecule has 1 aliphatic heterocycles. The zero-order valence-electron chi connectivity index (χ0n) is 20.0. The van der Waals surface area contributed by atoms with Crippen molar-refractivity contribution in [1.82, 2.24) is 5.32 Å². The SMILES string of the molecule is CCOC(=O)OC1=C(C)NC(C)=C(OC(=O)OCCOc2ccccc2)C1c1cccc([N+](=O)[O-])c1. The number of para-hydroxylation sites is 1. The number of nitro groups is 1. The van der Waals surface area contributed by atoms with Crippen LogP contribution < -0.4 is 10.1 Å².